The Kier molecular flexibility index (Phi) is 4.21. The van der Waals surface area contributed by atoms with Gasteiger partial charge in [0.05, 0.1) is 17.2 Å². The Morgan fingerprint density at radius 1 is 0.852 bits per heavy atom. The molecule has 3 aromatic carbocycles. The number of rotatable bonds is 3. The predicted octanol–water partition coefficient (Wildman–Crippen LogP) is 4.47. The van der Waals surface area contributed by atoms with Gasteiger partial charge in [0, 0.05) is 13.0 Å². The number of aromatic hydroxyl groups is 2. The average Bonchev–Trinajstić information content (AvgIpc) is 2.66. The van der Waals surface area contributed by atoms with Crippen molar-refractivity contribution in [2.45, 2.75) is 18.9 Å². The van der Waals surface area contributed by atoms with Gasteiger partial charge < -0.3 is 14.9 Å². The van der Waals surface area contributed by atoms with E-state index in [0.29, 0.717) is 11.1 Å². The van der Waals surface area contributed by atoms with E-state index in [0.717, 1.165) is 11.1 Å². The highest BCUT2D eigenvalue weighted by Gasteiger charge is 2.39. The van der Waals surface area contributed by atoms with Crippen LogP contribution in [0.5, 0.6) is 11.5 Å². The first-order chi connectivity index (χ1) is 13.0. The number of ketones is 1. The third-order valence-corrected chi connectivity index (χ3v) is 5.24. The number of carbonyl (C=O) groups is 1. The summed E-state index contributed by atoms with van der Waals surface area (Å²) in [5.41, 5.74) is 3.96. The van der Waals surface area contributed by atoms with Crippen molar-refractivity contribution in [3.05, 3.63) is 94.0 Å². The van der Waals surface area contributed by atoms with Gasteiger partial charge in [0.2, 0.25) is 5.78 Å². The number of aryl methyl sites for hydroxylation is 1. The van der Waals surface area contributed by atoms with Gasteiger partial charge in [0.1, 0.15) is 11.5 Å². The molecule has 0 saturated heterocycles. The van der Waals surface area contributed by atoms with Gasteiger partial charge in [-0.05, 0) is 35.7 Å². The molecule has 4 heteroatoms. The number of hydrogen-bond acceptors (Lipinski definition) is 4. The van der Waals surface area contributed by atoms with E-state index in [-0.39, 0.29) is 40.4 Å². The zero-order valence-corrected chi connectivity index (χ0v) is 15.1. The summed E-state index contributed by atoms with van der Waals surface area (Å²) in [6, 6.07) is 18.2. The van der Waals surface area contributed by atoms with Crippen LogP contribution < -0.4 is 0 Å². The lowest BCUT2D eigenvalue weighted by Gasteiger charge is -2.33. The van der Waals surface area contributed by atoms with Gasteiger partial charge in [-0.25, -0.2) is 0 Å². The first kappa shape index (κ1) is 17.3. The molecule has 0 radical (unpaired) electrons. The molecule has 0 aliphatic heterocycles. The maximum Gasteiger partial charge on any atom is 0.201 e. The summed E-state index contributed by atoms with van der Waals surface area (Å²) in [5.74, 6) is -0.879. The number of carbonyl (C=O) groups excluding carboxylic acids is 1. The second-order valence-corrected chi connectivity index (χ2v) is 6.86. The third kappa shape index (κ3) is 2.69. The van der Waals surface area contributed by atoms with E-state index < -0.39 is 0 Å². The highest BCUT2D eigenvalue weighted by molar-refractivity contribution is 6.16. The summed E-state index contributed by atoms with van der Waals surface area (Å²) in [6.07, 6.45) is -0.375. The van der Waals surface area contributed by atoms with Crippen LogP contribution in [0.25, 0.3) is 0 Å². The normalized spacial score (nSPS) is 14.5. The van der Waals surface area contributed by atoms with Crippen LogP contribution in [0.15, 0.2) is 60.7 Å². The van der Waals surface area contributed by atoms with Crippen molar-refractivity contribution in [1.82, 2.24) is 0 Å². The largest absolute Gasteiger partial charge is 0.507 e. The number of phenols is 2. The zero-order valence-electron chi connectivity index (χ0n) is 15.1. The Morgan fingerprint density at radius 2 is 1.37 bits per heavy atom. The van der Waals surface area contributed by atoms with Crippen LogP contribution in [0, 0.1) is 6.92 Å². The van der Waals surface area contributed by atoms with Crippen molar-refractivity contribution in [1.29, 1.82) is 0 Å². The zero-order chi connectivity index (χ0) is 19.1. The van der Waals surface area contributed by atoms with Crippen molar-refractivity contribution in [3.63, 3.8) is 0 Å². The van der Waals surface area contributed by atoms with Crippen molar-refractivity contribution >= 4 is 5.78 Å². The number of fused-ring (bicyclic) bond motifs is 2. The standard InChI is InChI=1S/C23H20O4/c1-13-9-11-14(12-10-13)23(27-2)19-15-5-3-7-17(24)20(15)22(26)21-16(19)6-4-8-18(21)25/h3-12,19,23-25H,1-2H3. The van der Waals surface area contributed by atoms with Crippen molar-refractivity contribution in [2.75, 3.05) is 7.11 Å². The molecule has 0 aromatic heterocycles. The molecule has 1 atom stereocenters. The smallest absolute Gasteiger partial charge is 0.201 e. The van der Waals surface area contributed by atoms with E-state index in [4.69, 9.17) is 4.74 Å². The molecule has 2 N–H and O–H groups in total. The number of phenolic OH excluding ortho intramolecular Hbond substituents is 2. The molecule has 4 rings (SSSR count). The Hall–Kier alpha value is -3.11. The molecule has 3 aromatic rings. The summed E-state index contributed by atoms with van der Waals surface area (Å²) < 4.78 is 5.87. The van der Waals surface area contributed by atoms with E-state index in [1.54, 1.807) is 19.2 Å². The molecule has 1 aliphatic carbocycles. The van der Waals surface area contributed by atoms with Gasteiger partial charge in [-0.15, -0.1) is 0 Å². The minimum Gasteiger partial charge on any atom is -0.507 e. The highest BCUT2D eigenvalue weighted by Crippen LogP contribution is 2.48. The Morgan fingerprint density at radius 3 is 1.85 bits per heavy atom. The Labute approximate surface area is 157 Å². The van der Waals surface area contributed by atoms with Crippen LogP contribution in [0.3, 0.4) is 0 Å². The second-order valence-electron chi connectivity index (χ2n) is 6.86. The lowest BCUT2D eigenvalue weighted by molar-refractivity contribution is 0.0856. The number of benzene rings is 3. The molecule has 0 bridgehead atoms. The predicted molar refractivity (Wildman–Crippen MR) is 102 cm³/mol. The van der Waals surface area contributed by atoms with Gasteiger partial charge in [0.15, 0.2) is 0 Å². The number of ether oxygens (including phenoxy) is 1. The van der Waals surface area contributed by atoms with Crippen LogP contribution in [0.4, 0.5) is 0 Å². The minimum atomic E-state index is -0.375. The molecule has 136 valence electrons. The lowest BCUT2D eigenvalue weighted by Crippen LogP contribution is -2.25. The molecule has 0 heterocycles. The first-order valence-electron chi connectivity index (χ1n) is 8.80. The van der Waals surface area contributed by atoms with Gasteiger partial charge in [-0.3, -0.25) is 4.79 Å². The van der Waals surface area contributed by atoms with Crippen molar-refractivity contribution < 1.29 is 19.7 Å². The van der Waals surface area contributed by atoms with Crippen LogP contribution in [0.1, 0.15) is 50.2 Å². The fraction of sp³-hybridized carbons (Fsp3) is 0.174. The van der Waals surface area contributed by atoms with Crippen LogP contribution in [-0.4, -0.2) is 23.1 Å². The molecule has 0 spiro atoms. The molecule has 1 aliphatic rings. The van der Waals surface area contributed by atoms with Gasteiger partial charge in [-0.2, -0.15) is 0 Å². The SMILES string of the molecule is COC(c1ccc(C)cc1)C1c2cccc(O)c2C(=O)c2c(O)cccc21. The van der Waals surface area contributed by atoms with Crippen LogP contribution >= 0.6 is 0 Å². The maximum atomic E-state index is 13.0. The molecular formula is C23H20O4. The summed E-state index contributed by atoms with van der Waals surface area (Å²) in [7, 11) is 1.63. The third-order valence-electron chi connectivity index (χ3n) is 5.24. The maximum absolute atomic E-state index is 13.0. The second kappa shape index (κ2) is 6.56. The molecule has 0 amide bonds. The van der Waals surface area contributed by atoms with E-state index in [1.807, 2.05) is 43.3 Å². The monoisotopic (exact) mass is 360 g/mol. The quantitative estimate of drug-likeness (QED) is 0.723. The van der Waals surface area contributed by atoms with Crippen LogP contribution in [0.2, 0.25) is 0 Å². The summed E-state index contributed by atoms with van der Waals surface area (Å²) in [6.45, 7) is 2.02. The summed E-state index contributed by atoms with van der Waals surface area (Å²) in [5, 5.41) is 20.8. The first-order valence-corrected chi connectivity index (χ1v) is 8.80. The van der Waals surface area contributed by atoms with E-state index in [2.05, 4.69) is 0 Å². The fourth-order valence-corrected chi connectivity index (χ4v) is 3.97. The number of methoxy groups -OCH3 is 1. The van der Waals surface area contributed by atoms with Gasteiger partial charge in [0.25, 0.3) is 0 Å². The topological polar surface area (TPSA) is 66.8 Å². The van der Waals surface area contributed by atoms with E-state index >= 15 is 0 Å². The summed E-state index contributed by atoms with van der Waals surface area (Å²) >= 11 is 0. The average molecular weight is 360 g/mol. The molecule has 27 heavy (non-hydrogen) atoms. The van der Waals surface area contributed by atoms with Gasteiger partial charge in [-0.1, -0.05) is 54.1 Å². The molecule has 1 unspecified atom stereocenters. The van der Waals surface area contributed by atoms with Crippen LogP contribution in [-0.2, 0) is 4.74 Å². The molecule has 0 fully saturated rings. The molecule has 4 nitrogen and oxygen atoms in total. The Balaban J connectivity index is 1.99. The minimum absolute atomic E-state index is 0.0878. The van der Waals surface area contributed by atoms with Crippen molar-refractivity contribution in [2.24, 2.45) is 0 Å². The van der Waals surface area contributed by atoms with E-state index in [1.165, 1.54) is 12.1 Å². The fourth-order valence-electron chi connectivity index (χ4n) is 3.97. The van der Waals surface area contributed by atoms with E-state index in [9.17, 15) is 15.0 Å². The molecular weight excluding hydrogens is 340 g/mol. The highest BCUT2D eigenvalue weighted by atomic mass is 16.5. The molecule has 0 saturated carbocycles. The lowest BCUT2D eigenvalue weighted by atomic mass is 9.73. The Bertz CT molecular complexity index is 966. The van der Waals surface area contributed by atoms with Crippen molar-refractivity contribution in [3.8, 4) is 11.5 Å². The van der Waals surface area contributed by atoms with Gasteiger partial charge >= 0.3 is 0 Å². The number of hydrogen-bond donors (Lipinski definition) is 2. The summed E-state index contributed by atoms with van der Waals surface area (Å²) in [4.78, 5) is 13.0.